The fourth-order valence-corrected chi connectivity index (χ4v) is 2.41. The molecule has 1 saturated heterocycles. The van der Waals surface area contributed by atoms with E-state index in [1.165, 1.54) is 6.42 Å². The van der Waals surface area contributed by atoms with Crippen LogP contribution in [0.3, 0.4) is 0 Å². The van der Waals surface area contributed by atoms with Crippen molar-refractivity contribution in [3.63, 3.8) is 0 Å². The Morgan fingerprint density at radius 3 is 2.65 bits per heavy atom. The number of amides is 1. The summed E-state index contributed by atoms with van der Waals surface area (Å²) in [7, 11) is 0. The number of anilines is 2. The molecule has 6 heteroatoms. The monoisotopic (exact) mass is 277 g/mol. The molecule has 1 aromatic heterocycles. The van der Waals surface area contributed by atoms with Gasteiger partial charge in [-0.25, -0.2) is 9.97 Å². The molecular formula is C14H23N5O. The minimum absolute atomic E-state index is 0.216. The van der Waals surface area contributed by atoms with Crippen molar-refractivity contribution in [2.45, 2.75) is 39.5 Å². The lowest BCUT2D eigenvalue weighted by atomic mass is 10.1. The van der Waals surface area contributed by atoms with E-state index < -0.39 is 0 Å². The maximum atomic E-state index is 12.0. The van der Waals surface area contributed by atoms with Crippen molar-refractivity contribution in [1.82, 2.24) is 14.9 Å². The highest BCUT2D eigenvalue weighted by Crippen LogP contribution is 2.17. The summed E-state index contributed by atoms with van der Waals surface area (Å²) in [5, 5.41) is 3.19. The van der Waals surface area contributed by atoms with Crippen LogP contribution < -0.4 is 11.1 Å². The first-order valence-electron chi connectivity index (χ1n) is 7.20. The number of aromatic nitrogens is 2. The molecule has 20 heavy (non-hydrogen) atoms. The Kier molecular flexibility index (Phi) is 4.76. The van der Waals surface area contributed by atoms with E-state index in [0.717, 1.165) is 37.3 Å². The van der Waals surface area contributed by atoms with Crippen LogP contribution in [0.15, 0.2) is 0 Å². The SMILES string of the molecule is Cc1nc(N)c(C)c(NCCC(=O)N2CCCCC2)n1. The highest BCUT2D eigenvalue weighted by Gasteiger charge is 2.16. The molecule has 0 saturated carbocycles. The van der Waals surface area contributed by atoms with Gasteiger partial charge in [-0.05, 0) is 33.1 Å². The smallest absolute Gasteiger partial charge is 0.224 e. The third-order valence-electron chi connectivity index (χ3n) is 3.64. The fourth-order valence-electron chi connectivity index (χ4n) is 2.41. The Hall–Kier alpha value is -1.85. The van der Waals surface area contributed by atoms with Gasteiger partial charge in [0.15, 0.2) is 0 Å². The zero-order chi connectivity index (χ0) is 14.5. The van der Waals surface area contributed by atoms with Crippen molar-refractivity contribution in [1.29, 1.82) is 0 Å². The van der Waals surface area contributed by atoms with E-state index in [1.54, 1.807) is 6.92 Å². The van der Waals surface area contributed by atoms with Gasteiger partial charge in [-0.3, -0.25) is 4.79 Å². The molecule has 1 aromatic rings. The van der Waals surface area contributed by atoms with E-state index in [2.05, 4.69) is 15.3 Å². The maximum absolute atomic E-state index is 12.0. The predicted molar refractivity (Wildman–Crippen MR) is 79.5 cm³/mol. The fraction of sp³-hybridized carbons (Fsp3) is 0.643. The van der Waals surface area contributed by atoms with Gasteiger partial charge < -0.3 is 16.0 Å². The molecule has 0 unspecified atom stereocenters. The second-order valence-electron chi connectivity index (χ2n) is 5.25. The topological polar surface area (TPSA) is 84.1 Å². The van der Waals surface area contributed by atoms with Gasteiger partial charge in [0.1, 0.15) is 17.5 Å². The number of nitrogens with zero attached hydrogens (tertiary/aromatic N) is 3. The molecule has 0 aliphatic carbocycles. The highest BCUT2D eigenvalue weighted by molar-refractivity contribution is 5.76. The van der Waals surface area contributed by atoms with Crippen LogP contribution in [-0.2, 0) is 4.79 Å². The number of rotatable bonds is 4. The third kappa shape index (κ3) is 3.59. The van der Waals surface area contributed by atoms with E-state index in [4.69, 9.17) is 5.73 Å². The van der Waals surface area contributed by atoms with E-state index >= 15 is 0 Å². The molecular weight excluding hydrogens is 254 g/mol. The van der Waals surface area contributed by atoms with Crippen molar-refractivity contribution in [3.05, 3.63) is 11.4 Å². The van der Waals surface area contributed by atoms with Gasteiger partial charge in [0.05, 0.1) is 0 Å². The van der Waals surface area contributed by atoms with Crippen LogP contribution in [0, 0.1) is 13.8 Å². The number of carbonyl (C=O) groups excluding carboxylic acids is 1. The molecule has 1 amide bonds. The molecule has 0 radical (unpaired) electrons. The summed E-state index contributed by atoms with van der Waals surface area (Å²) in [5.74, 6) is 2.07. The molecule has 0 spiro atoms. The average Bonchev–Trinajstić information content (AvgIpc) is 2.44. The molecule has 2 rings (SSSR count). The number of piperidine rings is 1. The summed E-state index contributed by atoms with van der Waals surface area (Å²) >= 11 is 0. The zero-order valence-corrected chi connectivity index (χ0v) is 12.3. The lowest BCUT2D eigenvalue weighted by molar-refractivity contribution is -0.131. The van der Waals surface area contributed by atoms with E-state index in [0.29, 0.717) is 24.6 Å². The van der Waals surface area contributed by atoms with Crippen LogP contribution in [0.4, 0.5) is 11.6 Å². The molecule has 2 heterocycles. The molecule has 1 aliphatic rings. The predicted octanol–water partition coefficient (Wildman–Crippen LogP) is 1.49. The highest BCUT2D eigenvalue weighted by atomic mass is 16.2. The largest absolute Gasteiger partial charge is 0.383 e. The van der Waals surface area contributed by atoms with Crippen LogP contribution in [0.5, 0.6) is 0 Å². The zero-order valence-electron chi connectivity index (χ0n) is 12.3. The van der Waals surface area contributed by atoms with Crippen molar-refractivity contribution in [2.75, 3.05) is 30.7 Å². The van der Waals surface area contributed by atoms with Gasteiger partial charge in [0, 0.05) is 31.6 Å². The minimum atomic E-state index is 0.216. The maximum Gasteiger partial charge on any atom is 0.224 e. The quantitative estimate of drug-likeness (QED) is 0.871. The summed E-state index contributed by atoms with van der Waals surface area (Å²) in [6.45, 7) is 6.06. The third-order valence-corrected chi connectivity index (χ3v) is 3.64. The van der Waals surface area contributed by atoms with Crippen LogP contribution in [0.1, 0.15) is 37.1 Å². The standard InChI is InChI=1S/C14H23N5O/c1-10-13(15)17-11(2)18-14(10)16-7-6-12(20)19-8-4-3-5-9-19/h3-9H2,1-2H3,(H3,15,16,17,18). The van der Waals surface area contributed by atoms with Gasteiger partial charge in [-0.2, -0.15) is 0 Å². The number of hydrogen-bond donors (Lipinski definition) is 2. The number of carbonyl (C=O) groups is 1. The first kappa shape index (κ1) is 14.6. The van der Waals surface area contributed by atoms with Crippen molar-refractivity contribution < 1.29 is 4.79 Å². The summed E-state index contributed by atoms with van der Waals surface area (Å²) < 4.78 is 0. The molecule has 110 valence electrons. The second-order valence-corrected chi connectivity index (χ2v) is 5.25. The van der Waals surface area contributed by atoms with Crippen molar-refractivity contribution in [2.24, 2.45) is 0 Å². The Bertz CT molecular complexity index is 483. The average molecular weight is 277 g/mol. The summed E-state index contributed by atoms with van der Waals surface area (Å²) in [4.78, 5) is 22.4. The molecule has 1 aliphatic heterocycles. The van der Waals surface area contributed by atoms with Gasteiger partial charge >= 0.3 is 0 Å². The Morgan fingerprint density at radius 1 is 1.25 bits per heavy atom. The lowest BCUT2D eigenvalue weighted by Gasteiger charge is -2.26. The first-order valence-corrected chi connectivity index (χ1v) is 7.20. The normalized spacial score (nSPS) is 15.2. The van der Waals surface area contributed by atoms with E-state index in [1.807, 2.05) is 11.8 Å². The van der Waals surface area contributed by atoms with E-state index in [-0.39, 0.29) is 5.91 Å². The second kappa shape index (κ2) is 6.54. The number of aryl methyl sites for hydroxylation is 1. The van der Waals surface area contributed by atoms with Gasteiger partial charge in [-0.15, -0.1) is 0 Å². The van der Waals surface area contributed by atoms with Crippen LogP contribution in [-0.4, -0.2) is 40.4 Å². The van der Waals surface area contributed by atoms with Crippen molar-refractivity contribution in [3.8, 4) is 0 Å². The van der Waals surface area contributed by atoms with E-state index in [9.17, 15) is 4.79 Å². The lowest BCUT2D eigenvalue weighted by Crippen LogP contribution is -2.36. The Balaban J connectivity index is 1.85. The molecule has 0 bridgehead atoms. The van der Waals surface area contributed by atoms with Crippen molar-refractivity contribution >= 4 is 17.5 Å². The summed E-state index contributed by atoms with van der Waals surface area (Å²) in [5.41, 5.74) is 6.64. The molecule has 1 fully saturated rings. The first-order chi connectivity index (χ1) is 9.58. The molecule has 0 atom stereocenters. The van der Waals surface area contributed by atoms with Gasteiger partial charge in [0.25, 0.3) is 0 Å². The number of nitrogens with one attached hydrogen (secondary N) is 1. The van der Waals surface area contributed by atoms with Crippen LogP contribution in [0.2, 0.25) is 0 Å². The minimum Gasteiger partial charge on any atom is -0.383 e. The van der Waals surface area contributed by atoms with Crippen LogP contribution >= 0.6 is 0 Å². The van der Waals surface area contributed by atoms with Gasteiger partial charge in [0.2, 0.25) is 5.91 Å². The number of hydrogen-bond acceptors (Lipinski definition) is 5. The Morgan fingerprint density at radius 2 is 1.95 bits per heavy atom. The number of likely N-dealkylation sites (tertiary alicyclic amines) is 1. The summed E-state index contributed by atoms with van der Waals surface area (Å²) in [6.07, 6.45) is 3.98. The molecule has 0 aromatic carbocycles. The molecule has 6 nitrogen and oxygen atoms in total. The number of nitrogens with two attached hydrogens (primary N) is 1. The number of nitrogen functional groups attached to an aromatic ring is 1. The molecule has 3 N–H and O–H groups in total. The van der Waals surface area contributed by atoms with Crippen LogP contribution in [0.25, 0.3) is 0 Å². The van der Waals surface area contributed by atoms with Gasteiger partial charge in [-0.1, -0.05) is 0 Å². The Labute approximate surface area is 119 Å². The summed E-state index contributed by atoms with van der Waals surface area (Å²) in [6, 6.07) is 0.